The lowest BCUT2D eigenvalue weighted by Gasteiger charge is -2.29. The van der Waals surface area contributed by atoms with Crippen LogP contribution in [0, 0.1) is 0 Å². The van der Waals surface area contributed by atoms with Gasteiger partial charge in [-0.2, -0.15) is 0 Å². The first-order valence-corrected chi connectivity index (χ1v) is 10.4. The molecule has 0 aliphatic carbocycles. The van der Waals surface area contributed by atoms with Crippen molar-refractivity contribution < 1.29 is 9.84 Å². The average molecular weight is 400 g/mol. The molecular weight excluding hydrogens is 376 g/mol. The summed E-state index contributed by atoms with van der Waals surface area (Å²) < 4.78 is 5.93. The molecule has 1 saturated heterocycles. The number of benzene rings is 1. The molecule has 0 radical (unpaired) electrons. The highest BCUT2D eigenvalue weighted by Crippen LogP contribution is 2.26. The molecule has 1 aromatic carbocycles. The topological polar surface area (TPSA) is 70.8 Å². The van der Waals surface area contributed by atoms with Crippen molar-refractivity contribution in [3.63, 3.8) is 0 Å². The van der Waals surface area contributed by atoms with Crippen LogP contribution in [0.5, 0.6) is 11.6 Å². The molecule has 30 heavy (non-hydrogen) atoms. The Morgan fingerprint density at radius 2 is 1.93 bits per heavy atom. The number of aliphatic hydroxyl groups is 1. The number of ether oxygens (including phenoxy) is 1. The van der Waals surface area contributed by atoms with Gasteiger partial charge in [0.25, 0.3) is 0 Å². The number of aromatic nitrogens is 2. The molecule has 0 spiro atoms. The van der Waals surface area contributed by atoms with Crippen molar-refractivity contribution in [3.8, 4) is 11.6 Å². The van der Waals surface area contributed by atoms with Gasteiger partial charge in [-0.25, -0.2) is 4.98 Å². The van der Waals surface area contributed by atoms with E-state index in [1.165, 1.54) is 11.1 Å². The first kappa shape index (κ1) is 18.9. The Morgan fingerprint density at radius 1 is 1.03 bits per heavy atom. The molecule has 152 valence electrons. The summed E-state index contributed by atoms with van der Waals surface area (Å²) in [5.41, 5.74) is 4.32. The zero-order valence-electron chi connectivity index (χ0n) is 16.7. The van der Waals surface area contributed by atoms with Crippen molar-refractivity contribution in [1.82, 2.24) is 14.9 Å². The van der Waals surface area contributed by atoms with Crippen LogP contribution < -0.4 is 4.74 Å². The molecule has 2 aromatic heterocycles. The highest BCUT2D eigenvalue weighted by molar-refractivity contribution is 5.89. The Labute approximate surface area is 175 Å². The molecule has 0 unspecified atom stereocenters. The van der Waals surface area contributed by atoms with Crippen LogP contribution >= 0.6 is 0 Å². The molecule has 0 amide bonds. The lowest BCUT2D eigenvalue weighted by atomic mass is 10.1. The number of hydrogen-bond donors (Lipinski definition) is 1. The Bertz CT molecular complexity index is 1100. The summed E-state index contributed by atoms with van der Waals surface area (Å²) in [6.07, 6.45) is 9.14. The Kier molecular flexibility index (Phi) is 5.26. The van der Waals surface area contributed by atoms with E-state index in [9.17, 15) is 5.11 Å². The average Bonchev–Trinajstić information content (AvgIpc) is 3.31. The summed E-state index contributed by atoms with van der Waals surface area (Å²) in [5.74, 6) is 1.28. The van der Waals surface area contributed by atoms with Gasteiger partial charge in [0.1, 0.15) is 5.75 Å². The minimum Gasteiger partial charge on any atom is -0.439 e. The number of aliphatic hydroxyl groups excluding tert-OH is 1. The monoisotopic (exact) mass is 400 g/mol. The van der Waals surface area contributed by atoms with Gasteiger partial charge in [-0.3, -0.25) is 14.9 Å². The number of fused-ring (bicyclic) bond motifs is 1. The summed E-state index contributed by atoms with van der Waals surface area (Å²) >= 11 is 0. The van der Waals surface area contributed by atoms with E-state index in [0.29, 0.717) is 12.4 Å². The van der Waals surface area contributed by atoms with Gasteiger partial charge in [0, 0.05) is 55.8 Å². The summed E-state index contributed by atoms with van der Waals surface area (Å²) in [5, 5.41) is 10.8. The predicted molar refractivity (Wildman–Crippen MR) is 118 cm³/mol. The zero-order valence-corrected chi connectivity index (χ0v) is 16.7. The van der Waals surface area contributed by atoms with Gasteiger partial charge >= 0.3 is 0 Å². The summed E-state index contributed by atoms with van der Waals surface area (Å²) in [6, 6.07) is 12.0. The Morgan fingerprint density at radius 3 is 2.70 bits per heavy atom. The third-order valence-corrected chi connectivity index (χ3v) is 5.65. The fourth-order valence-electron chi connectivity index (χ4n) is 3.92. The normalized spacial score (nSPS) is 17.4. The first-order valence-electron chi connectivity index (χ1n) is 10.4. The standard InChI is InChI=1S/C24H24N4O2/c29-21-6-9-28(10-7-21)16-17-11-18-1-3-22(12-23(18)26-13-17)30-24-4-2-19(15-27-24)20-5-8-25-14-20/h1-5,8,11-13,15,21,29H,6-7,9-10,14,16H2. The highest BCUT2D eigenvalue weighted by atomic mass is 16.5. The number of nitrogens with zero attached hydrogens (tertiary/aromatic N) is 4. The molecule has 1 fully saturated rings. The van der Waals surface area contributed by atoms with E-state index in [4.69, 9.17) is 4.74 Å². The second-order valence-electron chi connectivity index (χ2n) is 7.87. The predicted octanol–water partition coefficient (Wildman–Crippen LogP) is 3.85. The first-order chi connectivity index (χ1) is 14.7. The molecule has 5 rings (SSSR count). The van der Waals surface area contributed by atoms with E-state index in [2.05, 4.69) is 25.9 Å². The molecule has 2 aliphatic rings. The Balaban J connectivity index is 1.27. The highest BCUT2D eigenvalue weighted by Gasteiger charge is 2.17. The van der Waals surface area contributed by atoms with Crippen LogP contribution in [0.25, 0.3) is 16.5 Å². The fourth-order valence-corrected chi connectivity index (χ4v) is 3.92. The van der Waals surface area contributed by atoms with Crippen molar-refractivity contribution in [1.29, 1.82) is 0 Å². The van der Waals surface area contributed by atoms with Gasteiger partial charge in [0.15, 0.2) is 0 Å². The molecular formula is C24H24N4O2. The van der Waals surface area contributed by atoms with Crippen molar-refractivity contribution in [2.75, 3.05) is 19.6 Å². The number of hydrogen-bond acceptors (Lipinski definition) is 6. The van der Waals surface area contributed by atoms with Gasteiger partial charge < -0.3 is 9.84 Å². The Hall–Kier alpha value is -3.09. The van der Waals surface area contributed by atoms with E-state index in [0.717, 1.165) is 54.7 Å². The number of rotatable bonds is 5. The number of pyridine rings is 2. The van der Waals surface area contributed by atoms with Gasteiger partial charge in [0.05, 0.1) is 18.2 Å². The molecule has 2 aliphatic heterocycles. The van der Waals surface area contributed by atoms with E-state index in [-0.39, 0.29) is 6.10 Å². The van der Waals surface area contributed by atoms with Crippen LogP contribution in [0.15, 0.2) is 59.9 Å². The van der Waals surface area contributed by atoms with E-state index >= 15 is 0 Å². The largest absolute Gasteiger partial charge is 0.439 e. The van der Waals surface area contributed by atoms with Crippen LogP contribution in [-0.2, 0) is 6.54 Å². The van der Waals surface area contributed by atoms with Crippen LogP contribution in [0.1, 0.15) is 24.0 Å². The number of piperidine rings is 1. The minimum absolute atomic E-state index is 0.145. The van der Waals surface area contributed by atoms with E-state index < -0.39 is 0 Å². The van der Waals surface area contributed by atoms with Gasteiger partial charge in [0.2, 0.25) is 5.88 Å². The molecule has 6 heteroatoms. The molecule has 1 N–H and O–H groups in total. The zero-order chi connectivity index (χ0) is 20.3. The maximum atomic E-state index is 9.67. The minimum atomic E-state index is -0.145. The quantitative estimate of drug-likeness (QED) is 0.704. The van der Waals surface area contributed by atoms with Crippen LogP contribution in [0.3, 0.4) is 0 Å². The summed E-state index contributed by atoms with van der Waals surface area (Å²) in [7, 11) is 0. The third kappa shape index (κ3) is 4.25. The molecule has 3 aromatic rings. The molecule has 6 nitrogen and oxygen atoms in total. The van der Waals surface area contributed by atoms with E-state index in [1.807, 2.05) is 55.0 Å². The van der Waals surface area contributed by atoms with Crippen LogP contribution in [0.2, 0.25) is 0 Å². The van der Waals surface area contributed by atoms with Crippen molar-refractivity contribution >= 4 is 22.7 Å². The van der Waals surface area contributed by atoms with Gasteiger partial charge in [-0.15, -0.1) is 0 Å². The summed E-state index contributed by atoms with van der Waals surface area (Å²) in [6.45, 7) is 3.44. The van der Waals surface area contributed by atoms with Crippen molar-refractivity contribution in [2.45, 2.75) is 25.5 Å². The molecule has 0 saturated carbocycles. The SMILES string of the molecule is OC1CCN(Cc2cnc3cc(Oc4ccc(C5=CC=NC5)cn4)ccc3c2)CC1. The number of allylic oxidation sites excluding steroid dienone is 1. The van der Waals surface area contributed by atoms with Crippen molar-refractivity contribution in [2.24, 2.45) is 4.99 Å². The summed E-state index contributed by atoms with van der Waals surface area (Å²) in [4.78, 5) is 15.6. The number of likely N-dealkylation sites (tertiary alicyclic amines) is 1. The van der Waals surface area contributed by atoms with Crippen molar-refractivity contribution in [3.05, 3.63) is 66.0 Å². The third-order valence-electron chi connectivity index (χ3n) is 5.65. The van der Waals surface area contributed by atoms with Gasteiger partial charge in [-0.1, -0.05) is 0 Å². The molecule has 0 bridgehead atoms. The maximum Gasteiger partial charge on any atom is 0.219 e. The lowest BCUT2D eigenvalue weighted by molar-refractivity contribution is 0.0792. The number of aliphatic imine (C=N–C) groups is 1. The molecule has 0 atom stereocenters. The van der Waals surface area contributed by atoms with Crippen LogP contribution in [-0.4, -0.2) is 51.9 Å². The lowest BCUT2D eigenvalue weighted by Crippen LogP contribution is -2.35. The van der Waals surface area contributed by atoms with Gasteiger partial charge in [-0.05, 0) is 59.9 Å². The molecule has 4 heterocycles. The second kappa shape index (κ2) is 8.34. The smallest absolute Gasteiger partial charge is 0.219 e. The van der Waals surface area contributed by atoms with Crippen LogP contribution in [0.4, 0.5) is 0 Å². The fraction of sp³-hybridized carbons (Fsp3) is 0.292. The second-order valence-corrected chi connectivity index (χ2v) is 7.87. The maximum absolute atomic E-state index is 9.67. The van der Waals surface area contributed by atoms with E-state index in [1.54, 1.807) is 0 Å².